The van der Waals surface area contributed by atoms with E-state index in [4.69, 9.17) is 4.74 Å². The number of hydrogen-bond acceptors (Lipinski definition) is 5. The van der Waals surface area contributed by atoms with Gasteiger partial charge in [0.05, 0.1) is 19.8 Å². The van der Waals surface area contributed by atoms with Crippen LogP contribution in [0.3, 0.4) is 0 Å². The summed E-state index contributed by atoms with van der Waals surface area (Å²) in [5.41, 5.74) is 2.04. The molecule has 0 unspecified atom stereocenters. The maximum Gasteiger partial charge on any atom is 0.337 e. The summed E-state index contributed by atoms with van der Waals surface area (Å²) in [6.07, 6.45) is 0. The van der Waals surface area contributed by atoms with Gasteiger partial charge in [-0.2, -0.15) is 0 Å². The first kappa shape index (κ1) is 20.6. The summed E-state index contributed by atoms with van der Waals surface area (Å²) in [4.78, 5) is 36.7. The number of esters is 1. The van der Waals surface area contributed by atoms with E-state index in [1.54, 1.807) is 66.7 Å². The molecule has 3 rings (SSSR count). The molecular weight excluding hydrogens is 384 g/mol. The van der Waals surface area contributed by atoms with E-state index < -0.39 is 5.97 Å². The highest BCUT2D eigenvalue weighted by Crippen LogP contribution is 2.18. The van der Waals surface area contributed by atoms with Crippen LogP contribution in [-0.4, -0.2) is 32.0 Å². The quantitative estimate of drug-likeness (QED) is 0.606. The smallest absolute Gasteiger partial charge is 0.337 e. The third-order valence-corrected chi connectivity index (χ3v) is 4.26. The molecule has 0 aliphatic rings. The van der Waals surface area contributed by atoms with Crippen molar-refractivity contribution >= 4 is 29.2 Å². The van der Waals surface area contributed by atoms with Crippen LogP contribution >= 0.6 is 0 Å². The van der Waals surface area contributed by atoms with Crippen molar-refractivity contribution < 1.29 is 23.9 Å². The molecule has 30 heavy (non-hydrogen) atoms. The number of benzene rings is 3. The molecule has 2 N–H and O–H groups in total. The lowest BCUT2D eigenvalue weighted by Gasteiger charge is -2.10. The van der Waals surface area contributed by atoms with Crippen LogP contribution in [0.25, 0.3) is 0 Å². The molecule has 7 heteroatoms. The van der Waals surface area contributed by atoms with Gasteiger partial charge in [-0.05, 0) is 54.6 Å². The fraction of sp³-hybridized carbons (Fsp3) is 0.0870. The van der Waals surface area contributed by atoms with Crippen molar-refractivity contribution in [2.45, 2.75) is 0 Å². The van der Waals surface area contributed by atoms with Gasteiger partial charge in [0.2, 0.25) is 0 Å². The molecule has 7 nitrogen and oxygen atoms in total. The maximum absolute atomic E-state index is 12.6. The van der Waals surface area contributed by atoms with Gasteiger partial charge in [-0.15, -0.1) is 0 Å². The van der Waals surface area contributed by atoms with Gasteiger partial charge < -0.3 is 20.1 Å². The summed E-state index contributed by atoms with van der Waals surface area (Å²) >= 11 is 0. The van der Waals surface area contributed by atoms with Crippen LogP contribution in [0.5, 0.6) is 5.75 Å². The summed E-state index contributed by atoms with van der Waals surface area (Å²) in [5.74, 6) is -0.620. The van der Waals surface area contributed by atoms with Crippen LogP contribution < -0.4 is 15.4 Å². The molecular formula is C23H20N2O5. The number of amides is 2. The highest BCUT2D eigenvalue weighted by Gasteiger charge is 2.12. The van der Waals surface area contributed by atoms with Crippen LogP contribution in [0.15, 0.2) is 72.8 Å². The molecule has 3 aromatic carbocycles. The molecule has 0 spiro atoms. The Hall–Kier alpha value is -4.13. The zero-order chi connectivity index (χ0) is 21.5. The lowest BCUT2D eigenvalue weighted by Crippen LogP contribution is -2.15. The predicted molar refractivity (Wildman–Crippen MR) is 113 cm³/mol. The minimum atomic E-state index is -0.492. The Kier molecular flexibility index (Phi) is 6.44. The van der Waals surface area contributed by atoms with Crippen molar-refractivity contribution in [3.05, 3.63) is 89.5 Å². The second kappa shape index (κ2) is 9.38. The predicted octanol–water partition coefficient (Wildman–Crippen LogP) is 3.99. The summed E-state index contributed by atoms with van der Waals surface area (Å²) in [7, 11) is 2.82. The van der Waals surface area contributed by atoms with E-state index in [0.29, 0.717) is 33.8 Å². The highest BCUT2D eigenvalue weighted by atomic mass is 16.5. The number of hydrogen-bond donors (Lipinski definition) is 2. The lowest BCUT2D eigenvalue weighted by atomic mass is 10.1. The van der Waals surface area contributed by atoms with E-state index in [1.165, 1.54) is 20.3 Å². The monoisotopic (exact) mass is 404 g/mol. The first-order valence-electron chi connectivity index (χ1n) is 9.05. The van der Waals surface area contributed by atoms with Crippen LogP contribution in [0.2, 0.25) is 0 Å². The lowest BCUT2D eigenvalue weighted by molar-refractivity contribution is 0.0600. The molecule has 0 saturated heterocycles. The number of carbonyl (C=O) groups is 3. The van der Waals surface area contributed by atoms with E-state index in [2.05, 4.69) is 15.4 Å². The Bertz CT molecular complexity index is 1090. The van der Waals surface area contributed by atoms with Crippen molar-refractivity contribution in [1.29, 1.82) is 0 Å². The fourth-order valence-corrected chi connectivity index (χ4v) is 2.75. The van der Waals surface area contributed by atoms with E-state index >= 15 is 0 Å². The molecule has 0 fully saturated rings. The van der Waals surface area contributed by atoms with Crippen molar-refractivity contribution in [3.63, 3.8) is 0 Å². The fourth-order valence-electron chi connectivity index (χ4n) is 2.75. The maximum atomic E-state index is 12.6. The average molecular weight is 404 g/mol. The number of carbonyl (C=O) groups excluding carboxylic acids is 3. The van der Waals surface area contributed by atoms with Crippen LogP contribution in [-0.2, 0) is 4.74 Å². The summed E-state index contributed by atoms with van der Waals surface area (Å²) in [6, 6.07) is 19.7. The standard InChI is InChI=1S/C23H20N2O5/c1-29-20-11-5-7-16(14-20)22(27)24-18-9-3-6-15(12-18)21(26)25-19-10-4-8-17(13-19)23(28)30-2/h3-14H,1-2H3,(H,24,27)(H,25,26). The van der Waals surface area contributed by atoms with Gasteiger partial charge in [0, 0.05) is 22.5 Å². The number of anilines is 2. The number of nitrogens with one attached hydrogen (secondary N) is 2. The van der Waals surface area contributed by atoms with Crippen molar-refractivity contribution in [1.82, 2.24) is 0 Å². The molecule has 0 atom stereocenters. The van der Waals surface area contributed by atoms with Crippen molar-refractivity contribution in [3.8, 4) is 5.75 Å². The second-order valence-corrected chi connectivity index (χ2v) is 6.29. The first-order valence-corrected chi connectivity index (χ1v) is 9.05. The van der Waals surface area contributed by atoms with E-state index in [-0.39, 0.29) is 11.8 Å². The summed E-state index contributed by atoms with van der Waals surface area (Å²) < 4.78 is 9.82. The Balaban J connectivity index is 1.72. The van der Waals surface area contributed by atoms with Gasteiger partial charge in [0.15, 0.2) is 0 Å². The third-order valence-electron chi connectivity index (χ3n) is 4.26. The molecule has 0 aliphatic heterocycles. The third kappa shape index (κ3) is 5.02. The van der Waals surface area contributed by atoms with E-state index in [9.17, 15) is 14.4 Å². The van der Waals surface area contributed by atoms with Gasteiger partial charge in [0.25, 0.3) is 11.8 Å². The van der Waals surface area contributed by atoms with Crippen molar-refractivity contribution in [2.75, 3.05) is 24.9 Å². The normalized spacial score (nSPS) is 10.1. The molecule has 3 aromatic rings. The molecule has 0 bridgehead atoms. The summed E-state index contributed by atoms with van der Waals surface area (Å²) in [6.45, 7) is 0. The van der Waals surface area contributed by atoms with Gasteiger partial charge in [-0.3, -0.25) is 9.59 Å². The first-order chi connectivity index (χ1) is 14.5. The minimum Gasteiger partial charge on any atom is -0.497 e. The van der Waals surface area contributed by atoms with Crippen LogP contribution in [0.1, 0.15) is 31.1 Å². The molecule has 0 aliphatic carbocycles. The largest absolute Gasteiger partial charge is 0.497 e. The van der Waals surface area contributed by atoms with Crippen LogP contribution in [0.4, 0.5) is 11.4 Å². The SMILES string of the molecule is COC(=O)c1cccc(NC(=O)c2cccc(NC(=O)c3cccc(OC)c3)c2)c1. The molecule has 0 saturated carbocycles. The topological polar surface area (TPSA) is 93.7 Å². The van der Waals surface area contributed by atoms with Gasteiger partial charge in [0.1, 0.15) is 5.75 Å². The van der Waals surface area contributed by atoms with Crippen LogP contribution in [0, 0.1) is 0 Å². The zero-order valence-corrected chi connectivity index (χ0v) is 16.5. The van der Waals surface area contributed by atoms with Gasteiger partial charge in [-0.1, -0.05) is 18.2 Å². The molecule has 0 heterocycles. The number of rotatable bonds is 6. The second-order valence-electron chi connectivity index (χ2n) is 6.29. The summed E-state index contributed by atoms with van der Waals surface area (Å²) in [5, 5.41) is 5.49. The molecule has 0 aromatic heterocycles. The Morgan fingerprint density at radius 3 is 1.73 bits per heavy atom. The molecule has 0 radical (unpaired) electrons. The Morgan fingerprint density at radius 1 is 0.667 bits per heavy atom. The zero-order valence-electron chi connectivity index (χ0n) is 16.5. The van der Waals surface area contributed by atoms with Crippen molar-refractivity contribution in [2.24, 2.45) is 0 Å². The Labute approximate surface area is 173 Å². The van der Waals surface area contributed by atoms with E-state index in [1.807, 2.05) is 0 Å². The Morgan fingerprint density at radius 2 is 1.17 bits per heavy atom. The van der Waals surface area contributed by atoms with Gasteiger partial charge >= 0.3 is 5.97 Å². The molecule has 2 amide bonds. The van der Waals surface area contributed by atoms with E-state index in [0.717, 1.165) is 0 Å². The van der Waals surface area contributed by atoms with Gasteiger partial charge in [-0.25, -0.2) is 4.79 Å². The molecule has 152 valence electrons. The number of ether oxygens (including phenoxy) is 2. The number of methoxy groups -OCH3 is 2. The highest BCUT2D eigenvalue weighted by molar-refractivity contribution is 6.07. The average Bonchev–Trinajstić information content (AvgIpc) is 2.78. The minimum absolute atomic E-state index is 0.322.